The second-order valence-electron chi connectivity index (χ2n) is 7.83. The van der Waals surface area contributed by atoms with Gasteiger partial charge in [0.1, 0.15) is 11.5 Å². The van der Waals surface area contributed by atoms with Crippen molar-refractivity contribution < 1.29 is 14.0 Å². The van der Waals surface area contributed by atoms with E-state index >= 15 is 0 Å². The van der Waals surface area contributed by atoms with Crippen LogP contribution in [0.4, 0.5) is 16.2 Å². The molecule has 1 aliphatic rings. The van der Waals surface area contributed by atoms with Gasteiger partial charge in [-0.2, -0.15) is 0 Å². The van der Waals surface area contributed by atoms with Crippen molar-refractivity contribution in [3.63, 3.8) is 0 Å². The number of nitrogens with zero attached hydrogens (tertiary/aromatic N) is 1. The summed E-state index contributed by atoms with van der Waals surface area (Å²) < 4.78 is 5.46. The third-order valence-corrected chi connectivity index (χ3v) is 5.43. The van der Waals surface area contributed by atoms with Crippen LogP contribution >= 0.6 is 0 Å². The van der Waals surface area contributed by atoms with Crippen LogP contribution < -0.4 is 15.5 Å². The molecule has 6 nitrogen and oxygen atoms in total. The van der Waals surface area contributed by atoms with E-state index in [0.717, 1.165) is 42.0 Å². The topological polar surface area (TPSA) is 74.6 Å². The number of fused-ring (bicyclic) bond motifs is 1. The van der Waals surface area contributed by atoms with Crippen molar-refractivity contribution in [2.45, 2.75) is 39.2 Å². The van der Waals surface area contributed by atoms with E-state index in [0.29, 0.717) is 18.8 Å². The molecule has 4 rings (SSSR count). The Morgan fingerprint density at radius 3 is 2.58 bits per heavy atom. The first-order valence-corrected chi connectivity index (χ1v) is 10.7. The summed E-state index contributed by atoms with van der Waals surface area (Å²) in [5, 5.41) is 5.84. The minimum atomic E-state index is -0.131. The van der Waals surface area contributed by atoms with Gasteiger partial charge in [-0.25, -0.2) is 4.79 Å². The van der Waals surface area contributed by atoms with Gasteiger partial charge in [0.05, 0.1) is 13.0 Å². The van der Waals surface area contributed by atoms with E-state index in [-0.39, 0.29) is 18.4 Å². The molecule has 0 saturated carbocycles. The van der Waals surface area contributed by atoms with E-state index < -0.39 is 0 Å². The van der Waals surface area contributed by atoms with Crippen LogP contribution in [0.2, 0.25) is 0 Å². The molecule has 0 saturated heterocycles. The Balaban J connectivity index is 1.33. The summed E-state index contributed by atoms with van der Waals surface area (Å²) in [6.07, 6.45) is 3.33. The first-order valence-electron chi connectivity index (χ1n) is 10.7. The molecule has 2 heterocycles. The van der Waals surface area contributed by atoms with Crippen molar-refractivity contribution in [1.82, 2.24) is 5.32 Å². The van der Waals surface area contributed by atoms with Crippen molar-refractivity contribution in [2.24, 2.45) is 0 Å². The normalized spacial score (nSPS) is 13.3. The molecule has 0 spiro atoms. The van der Waals surface area contributed by atoms with Crippen LogP contribution in [0.5, 0.6) is 0 Å². The number of anilines is 2. The van der Waals surface area contributed by atoms with E-state index in [1.165, 1.54) is 5.56 Å². The Bertz CT molecular complexity index is 1060. The van der Waals surface area contributed by atoms with Crippen LogP contribution in [0.25, 0.3) is 0 Å². The highest BCUT2D eigenvalue weighted by atomic mass is 16.3. The van der Waals surface area contributed by atoms with Crippen molar-refractivity contribution in [1.29, 1.82) is 0 Å². The number of benzene rings is 2. The van der Waals surface area contributed by atoms with Gasteiger partial charge in [0.25, 0.3) is 0 Å². The second kappa shape index (κ2) is 9.51. The largest absolute Gasteiger partial charge is 0.465 e. The van der Waals surface area contributed by atoms with Gasteiger partial charge < -0.3 is 15.1 Å². The molecular weight excluding hydrogens is 390 g/mol. The number of hydrogen-bond acceptors (Lipinski definition) is 3. The van der Waals surface area contributed by atoms with E-state index in [4.69, 9.17) is 4.42 Å². The molecule has 1 aliphatic heterocycles. The van der Waals surface area contributed by atoms with Crippen molar-refractivity contribution in [3.05, 3.63) is 83.3 Å². The zero-order valence-corrected chi connectivity index (χ0v) is 17.7. The summed E-state index contributed by atoms with van der Waals surface area (Å²) in [6.45, 7) is 2.95. The fourth-order valence-corrected chi connectivity index (χ4v) is 3.81. The fourth-order valence-electron chi connectivity index (χ4n) is 3.81. The highest BCUT2D eigenvalue weighted by Gasteiger charge is 2.20. The number of amides is 3. The summed E-state index contributed by atoms with van der Waals surface area (Å²) in [7, 11) is 0. The standard InChI is InChI=1S/C25H27N3O3/c1-18-9-14-22(31-18)17-26-24(29)16-19-10-12-21(13-11-19)27-25(30)28-15-5-4-7-20-6-2-3-8-23(20)28/h2-3,6,8-14H,4-5,7,15-17H2,1H3,(H,26,29)(H,27,30). The summed E-state index contributed by atoms with van der Waals surface area (Å²) in [5.41, 5.74) is 3.78. The highest BCUT2D eigenvalue weighted by Crippen LogP contribution is 2.26. The number of carbonyl (C=O) groups excluding carboxylic acids is 2. The molecule has 0 atom stereocenters. The van der Waals surface area contributed by atoms with Gasteiger partial charge in [-0.1, -0.05) is 30.3 Å². The average Bonchev–Trinajstić information content (AvgIpc) is 3.06. The number of nitrogens with one attached hydrogen (secondary N) is 2. The van der Waals surface area contributed by atoms with Gasteiger partial charge in [-0.15, -0.1) is 0 Å². The molecule has 0 aliphatic carbocycles. The molecule has 31 heavy (non-hydrogen) atoms. The molecule has 2 N–H and O–H groups in total. The zero-order chi connectivity index (χ0) is 21.6. The predicted molar refractivity (Wildman–Crippen MR) is 121 cm³/mol. The molecule has 0 fully saturated rings. The van der Waals surface area contributed by atoms with Crippen LogP contribution in [0.3, 0.4) is 0 Å². The minimum absolute atomic E-state index is 0.0768. The Hall–Kier alpha value is -3.54. The highest BCUT2D eigenvalue weighted by molar-refractivity contribution is 6.02. The average molecular weight is 418 g/mol. The Morgan fingerprint density at radius 2 is 1.81 bits per heavy atom. The van der Waals surface area contributed by atoms with E-state index in [1.54, 1.807) is 0 Å². The van der Waals surface area contributed by atoms with Gasteiger partial charge in [0.2, 0.25) is 5.91 Å². The lowest BCUT2D eigenvalue weighted by molar-refractivity contribution is -0.120. The molecule has 3 amide bonds. The third kappa shape index (κ3) is 5.34. The molecule has 0 unspecified atom stereocenters. The molecular formula is C25H27N3O3. The molecule has 0 bridgehead atoms. The molecule has 3 aromatic rings. The fraction of sp³-hybridized carbons (Fsp3) is 0.280. The summed E-state index contributed by atoms with van der Waals surface area (Å²) in [4.78, 5) is 26.9. The van der Waals surface area contributed by atoms with Crippen LogP contribution in [-0.2, 0) is 24.2 Å². The van der Waals surface area contributed by atoms with E-state index in [9.17, 15) is 9.59 Å². The van der Waals surface area contributed by atoms with Crippen LogP contribution in [0, 0.1) is 6.92 Å². The smallest absolute Gasteiger partial charge is 0.326 e. The van der Waals surface area contributed by atoms with Crippen LogP contribution in [0.1, 0.15) is 35.5 Å². The van der Waals surface area contributed by atoms with Crippen molar-refractivity contribution in [3.8, 4) is 0 Å². The lowest BCUT2D eigenvalue weighted by Gasteiger charge is -2.23. The monoisotopic (exact) mass is 417 g/mol. The molecule has 2 aromatic carbocycles. The number of hydrogen-bond donors (Lipinski definition) is 2. The number of furan rings is 1. The van der Waals surface area contributed by atoms with Gasteiger partial charge in [0, 0.05) is 17.9 Å². The summed E-state index contributed by atoms with van der Waals surface area (Å²) in [5.74, 6) is 1.48. The SMILES string of the molecule is Cc1ccc(CNC(=O)Cc2ccc(NC(=O)N3CCCCc4ccccc43)cc2)o1. The number of para-hydroxylation sites is 1. The van der Waals surface area contributed by atoms with E-state index in [1.807, 2.05) is 66.4 Å². The number of aryl methyl sites for hydroxylation is 2. The van der Waals surface area contributed by atoms with Gasteiger partial charge in [0.15, 0.2) is 0 Å². The number of carbonyl (C=O) groups is 2. The lowest BCUT2D eigenvalue weighted by atomic mass is 10.1. The molecule has 0 radical (unpaired) electrons. The lowest BCUT2D eigenvalue weighted by Crippen LogP contribution is -2.35. The molecule has 6 heteroatoms. The molecule has 160 valence electrons. The molecule has 1 aromatic heterocycles. The quantitative estimate of drug-likeness (QED) is 0.625. The summed E-state index contributed by atoms with van der Waals surface area (Å²) >= 11 is 0. The minimum Gasteiger partial charge on any atom is -0.465 e. The van der Waals surface area contributed by atoms with Gasteiger partial charge in [-0.05, 0) is 67.6 Å². The maximum Gasteiger partial charge on any atom is 0.326 e. The maximum absolute atomic E-state index is 12.9. The van der Waals surface area contributed by atoms with Gasteiger partial charge in [-0.3, -0.25) is 9.69 Å². The van der Waals surface area contributed by atoms with Crippen molar-refractivity contribution >= 4 is 23.3 Å². The van der Waals surface area contributed by atoms with Crippen molar-refractivity contribution in [2.75, 3.05) is 16.8 Å². The Morgan fingerprint density at radius 1 is 1.00 bits per heavy atom. The first-order chi connectivity index (χ1) is 15.1. The van der Waals surface area contributed by atoms with Crippen LogP contribution in [0.15, 0.2) is 65.1 Å². The Labute approximate surface area is 182 Å². The Kier molecular flexibility index (Phi) is 6.36. The summed E-state index contributed by atoms with van der Waals surface area (Å²) in [6, 6.07) is 19.1. The zero-order valence-electron chi connectivity index (χ0n) is 17.7. The maximum atomic E-state index is 12.9. The second-order valence-corrected chi connectivity index (χ2v) is 7.83. The van der Waals surface area contributed by atoms with Crippen LogP contribution in [-0.4, -0.2) is 18.5 Å². The number of rotatable bonds is 5. The number of urea groups is 1. The van der Waals surface area contributed by atoms with E-state index in [2.05, 4.69) is 16.7 Å². The van der Waals surface area contributed by atoms with Gasteiger partial charge >= 0.3 is 6.03 Å². The predicted octanol–water partition coefficient (Wildman–Crippen LogP) is 4.82. The first kappa shape index (κ1) is 20.7. The third-order valence-electron chi connectivity index (χ3n) is 5.43.